The lowest BCUT2D eigenvalue weighted by molar-refractivity contribution is -0.140. The van der Waals surface area contributed by atoms with E-state index in [9.17, 15) is 9.59 Å². The summed E-state index contributed by atoms with van der Waals surface area (Å²) in [5.41, 5.74) is -0.170. The molecule has 3 N–H and O–H groups in total. The molecule has 15 heavy (non-hydrogen) atoms. The van der Waals surface area contributed by atoms with Gasteiger partial charge in [-0.05, 0) is 12.1 Å². The molecule has 0 aliphatic heterocycles. The number of aliphatic carboxylic acids is 2. The van der Waals surface area contributed by atoms with Crippen LogP contribution in [0, 0.1) is 0 Å². The number of nitrogens with one attached hydrogen (secondary N) is 1. The fourth-order valence-corrected chi connectivity index (χ4v) is 0.819. The molecule has 0 aromatic carbocycles. The van der Waals surface area contributed by atoms with Crippen LogP contribution < -0.4 is 5.32 Å². The van der Waals surface area contributed by atoms with Gasteiger partial charge in [-0.3, -0.25) is 4.98 Å². The van der Waals surface area contributed by atoms with Gasteiger partial charge in [0, 0.05) is 24.3 Å². The van der Waals surface area contributed by atoms with Gasteiger partial charge in [0.1, 0.15) is 0 Å². The van der Waals surface area contributed by atoms with Crippen LogP contribution in [0.3, 0.4) is 0 Å². The van der Waals surface area contributed by atoms with Gasteiger partial charge in [-0.15, -0.1) is 0 Å². The van der Waals surface area contributed by atoms with Crippen LogP contribution in [0.2, 0.25) is 0 Å². The van der Waals surface area contributed by atoms with Crippen molar-refractivity contribution >= 4 is 17.6 Å². The van der Waals surface area contributed by atoms with Crippen molar-refractivity contribution < 1.29 is 19.8 Å². The summed E-state index contributed by atoms with van der Waals surface area (Å²) in [5.74, 6) is -2.99. The molecule has 0 aliphatic rings. The second-order valence-electron chi connectivity index (χ2n) is 2.55. The summed E-state index contributed by atoms with van der Waals surface area (Å²) in [7, 11) is 0. The molecule has 0 radical (unpaired) electrons. The normalized spacial score (nSPS) is 9.07. The molecule has 0 saturated carbocycles. The van der Waals surface area contributed by atoms with Crippen LogP contribution in [-0.4, -0.2) is 27.1 Å². The van der Waals surface area contributed by atoms with Gasteiger partial charge in [-0.1, -0.05) is 0 Å². The number of hydrogen-bond acceptors (Lipinski definition) is 4. The van der Waals surface area contributed by atoms with E-state index in [4.69, 9.17) is 10.2 Å². The molecule has 0 aliphatic carbocycles. The van der Waals surface area contributed by atoms with Crippen LogP contribution in [-0.2, 0) is 9.59 Å². The van der Waals surface area contributed by atoms with Crippen molar-refractivity contribution in [3.63, 3.8) is 0 Å². The lowest BCUT2D eigenvalue weighted by atomic mass is 10.3. The fraction of sp³-hybridized carbons (Fsp3) is 0. The molecule has 0 atom stereocenters. The number of carbonyl (C=O) groups is 2. The van der Waals surface area contributed by atoms with E-state index < -0.39 is 17.5 Å². The molecule has 1 rings (SSSR count). The Hall–Kier alpha value is -2.37. The third-order valence-corrected chi connectivity index (χ3v) is 1.52. The first-order chi connectivity index (χ1) is 7.11. The van der Waals surface area contributed by atoms with Crippen molar-refractivity contribution in [2.75, 3.05) is 5.32 Å². The fourth-order valence-electron chi connectivity index (χ4n) is 0.819. The molecule has 0 unspecified atom stereocenters. The number of carboxylic acid groups (broad SMARTS) is 2. The van der Waals surface area contributed by atoms with E-state index in [0.717, 1.165) is 6.20 Å². The minimum Gasteiger partial charge on any atom is -0.477 e. The summed E-state index contributed by atoms with van der Waals surface area (Å²) in [6.45, 7) is 0. The third kappa shape index (κ3) is 3.11. The second kappa shape index (κ2) is 4.75. The first-order valence-electron chi connectivity index (χ1n) is 3.94. The highest BCUT2D eigenvalue weighted by atomic mass is 16.4. The molecule has 1 heterocycles. The molecule has 78 valence electrons. The maximum Gasteiger partial charge on any atom is 0.344 e. The van der Waals surface area contributed by atoms with Crippen molar-refractivity contribution in [3.05, 3.63) is 36.3 Å². The summed E-state index contributed by atoms with van der Waals surface area (Å²) in [6.07, 6.45) is 3.91. The van der Waals surface area contributed by atoms with Crippen LogP contribution in [0.1, 0.15) is 0 Å². The zero-order valence-corrected chi connectivity index (χ0v) is 7.54. The SMILES string of the molecule is O=C(O)C(=CNc1ccncc1)C(=O)O. The summed E-state index contributed by atoms with van der Waals surface area (Å²) >= 11 is 0. The first kappa shape index (κ1) is 10.7. The zero-order chi connectivity index (χ0) is 11.3. The molecular formula is C9H8N2O4. The maximum atomic E-state index is 10.5. The zero-order valence-electron chi connectivity index (χ0n) is 7.54. The predicted octanol–water partition coefficient (Wildman–Crippen LogP) is 0.547. The molecule has 0 amide bonds. The van der Waals surface area contributed by atoms with Gasteiger partial charge in [0.15, 0.2) is 5.57 Å². The van der Waals surface area contributed by atoms with Crippen molar-refractivity contribution in [1.82, 2.24) is 4.98 Å². The van der Waals surface area contributed by atoms with E-state index in [1.165, 1.54) is 12.4 Å². The highest BCUT2D eigenvalue weighted by Crippen LogP contribution is 2.04. The van der Waals surface area contributed by atoms with E-state index in [1.807, 2.05) is 0 Å². The summed E-state index contributed by atoms with van der Waals surface area (Å²) in [4.78, 5) is 24.7. The molecule has 0 spiro atoms. The Morgan fingerprint density at radius 1 is 1.20 bits per heavy atom. The predicted molar refractivity (Wildman–Crippen MR) is 51.2 cm³/mol. The van der Waals surface area contributed by atoms with Crippen molar-refractivity contribution in [1.29, 1.82) is 0 Å². The Morgan fingerprint density at radius 2 is 1.73 bits per heavy atom. The van der Waals surface area contributed by atoms with Gasteiger partial charge in [0.25, 0.3) is 0 Å². The molecule has 6 nitrogen and oxygen atoms in total. The van der Waals surface area contributed by atoms with Crippen molar-refractivity contribution in [2.45, 2.75) is 0 Å². The van der Waals surface area contributed by atoms with Crippen molar-refractivity contribution in [3.8, 4) is 0 Å². The van der Waals surface area contributed by atoms with Gasteiger partial charge < -0.3 is 15.5 Å². The average molecular weight is 208 g/mol. The number of hydrogen-bond donors (Lipinski definition) is 3. The lowest BCUT2D eigenvalue weighted by Crippen LogP contribution is -2.12. The van der Waals surface area contributed by atoms with Crippen LogP contribution in [0.4, 0.5) is 5.69 Å². The molecule has 1 aromatic heterocycles. The third-order valence-electron chi connectivity index (χ3n) is 1.52. The van der Waals surface area contributed by atoms with Crippen LogP contribution in [0.5, 0.6) is 0 Å². The first-order valence-corrected chi connectivity index (χ1v) is 3.94. The van der Waals surface area contributed by atoms with Gasteiger partial charge >= 0.3 is 11.9 Å². The summed E-state index contributed by atoms with van der Waals surface area (Å²) in [5, 5.41) is 19.6. The lowest BCUT2D eigenvalue weighted by Gasteiger charge is -2.00. The van der Waals surface area contributed by atoms with E-state index in [-0.39, 0.29) is 0 Å². The van der Waals surface area contributed by atoms with Gasteiger partial charge in [0.2, 0.25) is 0 Å². The monoisotopic (exact) mass is 208 g/mol. The quantitative estimate of drug-likeness (QED) is 0.379. The Morgan fingerprint density at radius 3 is 2.20 bits per heavy atom. The Balaban J connectivity index is 2.79. The minimum atomic E-state index is -1.50. The Labute approximate surface area is 84.9 Å². The smallest absolute Gasteiger partial charge is 0.344 e. The van der Waals surface area contributed by atoms with Crippen LogP contribution in [0.25, 0.3) is 0 Å². The summed E-state index contributed by atoms with van der Waals surface area (Å²) < 4.78 is 0. The average Bonchev–Trinajstić information content (AvgIpc) is 2.18. The maximum absolute atomic E-state index is 10.5. The summed E-state index contributed by atoms with van der Waals surface area (Å²) in [6, 6.07) is 3.16. The van der Waals surface area contributed by atoms with Gasteiger partial charge in [-0.2, -0.15) is 0 Å². The molecule has 6 heteroatoms. The Kier molecular flexibility index (Phi) is 3.39. The van der Waals surface area contributed by atoms with E-state index >= 15 is 0 Å². The van der Waals surface area contributed by atoms with Gasteiger partial charge in [-0.25, -0.2) is 9.59 Å². The second-order valence-corrected chi connectivity index (χ2v) is 2.55. The van der Waals surface area contributed by atoms with E-state index in [2.05, 4.69) is 10.3 Å². The highest BCUT2D eigenvalue weighted by molar-refractivity contribution is 6.12. The number of nitrogens with zero attached hydrogens (tertiary/aromatic N) is 1. The van der Waals surface area contributed by atoms with Crippen LogP contribution >= 0.6 is 0 Å². The van der Waals surface area contributed by atoms with E-state index in [1.54, 1.807) is 12.1 Å². The molecular weight excluding hydrogens is 200 g/mol. The Bertz CT molecular complexity index is 384. The number of pyridine rings is 1. The standard InChI is InChI=1S/C9H8N2O4/c12-8(13)7(9(14)15)5-11-6-1-3-10-4-2-6/h1-5H,(H,10,11)(H,12,13)(H,14,15). The highest BCUT2D eigenvalue weighted by Gasteiger charge is 2.15. The van der Waals surface area contributed by atoms with E-state index in [0.29, 0.717) is 5.69 Å². The number of rotatable bonds is 4. The number of aromatic nitrogens is 1. The molecule has 0 bridgehead atoms. The molecule has 0 fully saturated rings. The molecule has 1 aromatic rings. The van der Waals surface area contributed by atoms with Gasteiger partial charge in [0.05, 0.1) is 0 Å². The van der Waals surface area contributed by atoms with Crippen molar-refractivity contribution in [2.24, 2.45) is 0 Å². The van der Waals surface area contributed by atoms with Crippen LogP contribution in [0.15, 0.2) is 36.3 Å². The minimum absolute atomic E-state index is 0.560. The number of anilines is 1. The largest absolute Gasteiger partial charge is 0.477 e. The number of carboxylic acids is 2. The molecule has 0 saturated heterocycles. The topological polar surface area (TPSA) is 99.5 Å².